The Bertz CT molecular complexity index is 550. The zero-order valence-corrected chi connectivity index (χ0v) is 9.76. The Hall–Kier alpha value is -1.90. The maximum atomic E-state index is 11.2. The lowest BCUT2D eigenvalue weighted by Crippen LogP contribution is -1.97. The molecule has 1 aromatic carbocycles. The van der Waals surface area contributed by atoms with Crippen molar-refractivity contribution in [3.63, 3.8) is 0 Å². The van der Waals surface area contributed by atoms with E-state index in [4.69, 9.17) is 0 Å². The molecule has 3 rings (SSSR count). The molecule has 1 saturated carbocycles. The first-order valence-corrected chi connectivity index (χ1v) is 5.91. The Balaban J connectivity index is 1.89. The van der Waals surface area contributed by atoms with E-state index in [2.05, 4.69) is 11.2 Å². The summed E-state index contributed by atoms with van der Waals surface area (Å²) in [7, 11) is 0. The Morgan fingerprint density at radius 3 is 2.53 bits per heavy atom. The van der Waals surface area contributed by atoms with Gasteiger partial charge in [0.2, 0.25) is 0 Å². The number of ketones is 1. The Morgan fingerprint density at radius 1 is 1.24 bits per heavy atom. The van der Waals surface area contributed by atoms with Crippen LogP contribution in [0.15, 0.2) is 36.5 Å². The average Bonchev–Trinajstić information content (AvgIpc) is 3.07. The number of carbonyl (C=O) groups is 1. The number of nitrogens with zero attached hydrogens (tertiary/aromatic N) is 2. The summed E-state index contributed by atoms with van der Waals surface area (Å²) >= 11 is 0. The monoisotopic (exact) mass is 226 g/mol. The normalized spacial score (nSPS) is 14.9. The highest BCUT2D eigenvalue weighted by Gasteiger charge is 2.25. The van der Waals surface area contributed by atoms with E-state index < -0.39 is 0 Å². The van der Waals surface area contributed by atoms with Gasteiger partial charge in [-0.3, -0.25) is 4.79 Å². The Morgan fingerprint density at radius 2 is 1.94 bits per heavy atom. The zero-order valence-electron chi connectivity index (χ0n) is 9.76. The van der Waals surface area contributed by atoms with Crippen LogP contribution >= 0.6 is 0 Å². The fraction of sp³-hybridized carbons (Fsp3) is 0.286. The van der Waals surface area contributed by atoms with Gasteiger partial charge in [0.05, 0.1) is 11.4 Å². The lowest BCUT2D eigenvalue weighted by molar-refractivity contribution is 0.101. The van der Waals surface area contributed by atoms with Crippen molar-refractivity contribution in [2.45, 2.75) is 25.7 Å². The van der Waals surface area contributed by atoms with Crippen LogP contribution in [0.5, 0.6) is 0 Å². The van der Waals surface area contributed by atoms with Gasteiger partial charge in [-0.15, -0.1) is 0 Å². The number of rotatable bonds is 3. The molecule has 1 fully saturated rings. The molecular weight excluding hydrogens is 212 g/mol. The molecule has 0 spiro atoms. The predicted molar refractivity (Wildman–Crippen MR) is 65.5 cm³/mol. The molecule has 0 amide bonds. The summed E-state index contributed by atoms with van der Waals surface area (Å²) in [5, 5.41) is 4.55. The summed E-state index contributed by atoms with van der Waals surface area (Å²) in [4.78, 5) is 11.2. The highest BCUT2D eigenvalue weighted by molar-refractivity contribution is 5.94. The van der Waals surface area contributed by atoms with Crippen LogP contribution in [0.1, 0.15) is 41.7 Å². The first-order chi connectivity index (χ1) is 8.24. The van der Waals surface area contributed by atoms with Crippen molar-refractivity contribution in [2.75, 3.05) is 0 Å². The lowest BCUT2D eigenvalue weighted by atomic mass is 10.1. The number of hydrogen-bond acceptors (Lipinski definition) is 2. The molecule has 1 heterocycles. The van der Waals surface area contributed by atoms with Gasteiger partial charge in [-0.2, -0.15) is 5.10 Å². The zero-order chi connectivity index (χ0) is 11.8. The topological polar surface area (TPSA) is 34.9 Å². The van der Waals surface area contributed by atoms with Crippen LogP contribution in [0, 0.1) is 0 Å². The highest BCUT2D eigenvalue weighted by atomic mass is 16.1. The second kappa shape index (κ2) is 3.84. The molecule has 3 nitrogen and oxygen atoms in total. The highest BCUT2D eigenvalue weighted by Crippen LogP contribution is 2.38. The molecule has 0 saturated heterocycles. The van der Waals surface area contributed by atoms with Crippen molar-refractivity contribution >= 4 is 5.78 Å². The molecular formula is C14H14N2O. The smallest absolute Gasteiger partial charge is 0.159 e. The summed E-state index contributed by atoms with van der Waals surface area (Å²) in [6.45, 7) is 1.58. The summed E-state index contributed by atoms with van der Waals surface area (Å²) < 4.78 is 1.87. The van der Waals surface area contributed by atoms with E-state index in [1.54, 1.807) is 6.92 Å². The SMILES string of the molecule is CC(=O)c1ccc(-n2ccc(C3CC3)n2)cc1. The first-order valence-electron chi connectivity index (χ1n) is 5.91. The summed E-state index contributed by atoms with van der Waals surface area (Å²) in [6.07, 6.45) is 4.51. The number of benzene rings is 1. The maximum absolute atomic E-state index is 11.2. The molecule has 17 heavy (non-hydrogen) atoms. The van der Waals surface area contributed by atoms with E-state index in [9.17, 15) is 4.79 Å². The number of aromatic nitrogens is 2. The van der Waals surface area contributed by atoms with E-state index in [-0.39, 0.29) is 5.78 Å². The van der Waals surface area contributed by atoms with Gasteiger partial charge >= 0.3 is 0 Å². The second-order valence-corrected chi connectivity index (χ2v) is 4.56. The minimum absolute atomic E-state index is 0.0932. The van der Waals surface area contributed by atoms with Gasteiger partial charge in [0.15, 0.2) is 5.78 Å². The van der Waals surface area contributed by atoms with Crippen LogP contribution in [0.2, 0.25) is 0 Å². The molecule has 0 radical (unpaired) electrons. The summed E-state index contributed by atoms with van der Waals surface area (Å²) in [6, 6.07) is 9.63. The molecule has 3 heteroatoms. The molecule has 0 unspecified atom stereocenters. The van der Waals surface area contributed by atoms with Crippen LogP contribution in [-0.4, -0.2) is 15.6 Å². The van der Waals surface area contributed by atoms with Crippen LogP contribution < -0.4 is 0 Å². The van der Waals surface area contributed by atoms with Gasteiger partial charge in [0.25, 0.3) is 0 Å². The van der Waals surface area contributed by atoms with Gasteiger partial charge in [-0.25, -0.2) is 4.68 Å². The van der Waals surface area contributed by atoms with Crippen LogP contribution in [0.4, 0.5) is 0 Å². The van der Waals surface area contributed by atoms with E-state index in [1.165, 1.54) is 18.5 Å². The number of Topliss-reactive ketones (excluding diaryl/α,β-unsaturated/α-hetero) is 1. The first kappa shape index (κ1) is 10.3. The third kappa shape index (κ3) is 2.00. The van der Waals surface area contributed by atoms with E-state index in [1.807, 2.05) is 35.1 Å². The molecule has 0 N–H and O–H groups in total. The summed E-state index contributed by atoms with van der Waals surface area (Å²) in [5.41, 5.74) is 2.92. The Labute approximate surface area is 100 Å². The van der Waals surface area contributed by atoms with Gasteiger partial charge in [-0.1, -0.05) is 0 Å². The third-order valence-electron chi connectivity index (χ3n) is 3.14. The van der Waals surface area contributed by atoms with E-state index >= 15 is 0 Å². The summed E-state index contributed by atoms with van der Waals surface area (Å²) in [5.74, 6) is 0.767. The second-order valence-electron chi connectivity index (χ2n) is 4.56. The van der Waals surface area contributed by atoms with E-state index in [0.717, 1.165) is 11.3 Å². The van der Waals surface area contributed by atoms with Gasteiger partial charge in [0.1, 0.15) is 0 Å². The molecule has 1 aliphatic rings. The van der Waals surface area contributed by atoms with Crippen molar-refractivity contribution in [1.82, 2.24) is 9.78 Å². The third-order valence-corrected chi connectivity index (χ3v) is 3.14. The van der Waals surface area contributed by atoms with Gasteiger partial charge < -0.3 is 0 Å². The van der Waals surface area contributed by atoms with Crippen molar-refractivity contribution in [2.24, 2.45) is 0 Å². The van der Waals surface area contributed by atoms with Crippen molar-refractivity contribution < 1.29 is 4.79 Å². The molecule has 1 aromatic heterocycles. The predicted octanol–water partition coefficient (Wildman–Crippen LogP) is 2.95. The minimum atomic E-state index is 0.0932. The molecule has 0 aliphatic heterocycles. The maximum Gasteiger partial charge on any atom is 0.159 e. The van der Waals surface area contributed by atoms with Crippen LogP contribution in [0.3, 0.4) is 0 Å². The molecule has 86 valence electrons. The van der Waals surface area contributed by atoms with Crippen molar-refractivity contribution in [1.29, 1.82) is 0 Å². The fourth-order valence-corrected chi connectivity index (χ4v) is 1.93. The van der Waals surface area contributed by atoms with Gasteiger partial charge in [0, 0.05) is 17.7 Å². The number of hydrogen-bond donors (Lipinski definition) is 0. The minimum Gasteiger partial charge on any atom is -0.295 e. The average molecular weight is 226 g/mol. The Kier molecular flexibility index (Phi) is 2.32. The lowest BCUT2D eigenvalue weighted by Gasteiger charge is -2.02. The largest absolute Gasteiger partial charge is 0.295 e. The molecule has 0 bridgehead atoms. The van der Waals surface area contributed by atoms with Crippen LogP contribution in [0.25, 0.3) is 5.69 Å². The molecule has 0 atom stereocenters. The van der Waals surface area contributed by atoms with Crippen molar-refractivity contribution in [3.05, 3.63) is 47.8 Å². The van der Waals surface area contributed by atoms with Gasteiger partial charge in [-0.05, 0) is 50.1 Å². The quantitative estimate of drug-likeness (QED) is 0.754. The standard InChI is InChI=1S/C14H14N2O/c1-10(17)11-4-6-13(7-5-11)16-9-8-14(15-16)12-2-3-12/h4-9,12H,2-3H2,1H3. The fourth-order valence-electron chi connectivity index (χ4n) is 1.93. The van der Waals surface area contributed by atoms with Crippen LogP contribution in [-0.2, 0) is 0 Å². The number of carbonyl (C=O) groups excluding carboxylic acids is 1. The molecule has 2 aromatic rings. The van der Waals surface area contributed by atoms with E-state index in [0.29, 0.717) is 5.92 Å². The molecule has 1 aliphatic carbocycles. The van der Waals surface area contributed by atoms with Crippen molar-refractivity contribution in [3.8, 4) is 5.69 Å².